The normalized spacial score (nSPS) is 11.9. The number of methoxy groups -OCH3 is 1. The minimum absolute atomic E-state index is 0.0467. The predicted molar refractivity (Wildman–Crippen MR) is 111 cm³/mol. The average Bonchev–Trinajstić information content (AvgIpc) is 2.66. The first-order chi connectivity index (χ1) is 13.3. The van der Waals surface area contributed by atoms with Gasteiger partial charge in [-0.15, -0.1) is 6.58 Å². The molecule has 2 aromatic rings. The van der Waals surface area contributed by atoms with E-state index in [1.165, 1.54) is 19.4 Å². The Morgan fingerprint density at radius 1 is 1.32 bits per heavy atom. The molecule has 0 saturated heterocycles. The molecule has 0 radical (unpaired) electrons. The first kappa shape index (κ1) is 21.6. The van der Waals surface area contributed by atoms with Gasteiger partial charge in [0.1, 0.15) is 5.75 Å². The number of carbonyl (C=O) groups excluding carboxylic acids is 1. The molecule has 0 spiro atoms. The fourth-order valence-electron chi connectivity index (χ4n) is 2.31. The second kappa shape index (κ2) is 10.0. The molecule has 0 aliphatic heterocycles. The summed E-state index contributed by atoms with van der Waals surface area (Å²) in [7, 11) is 1.45. The van der Waals surface area contributed by atoms with E-state index in [0.717, 1.165) is 0 Å². The van der Waals surface area contributed by atoms with Crippen molar-refractivity contribution in [2.24, 2.45) is 5.10 Å². The molecule has 0 aliphatic rings. The Bertz CT molecular complexity index is 900. The van der Waals surface area contributed by atoms with Crippen molar-refractivity contribution in [1.82, 2.24) is 5.43 Å². The van der Waals surface area contributed by atoms with Crippen LogP contribution in [0, 0.1) is 0 Å². The summed E-state index contributed by atoms with van der Waals surface area (Å²) in [5, 5.41) is 14.8. The van der Waals surface area contributed by atoms with Gasteiger partial charge >= 0.3 is 0 Å². The summed E-state index contributed by atoms with van der Waals surface area (Å²) in [5.41, 5.74) is 3.67. The third kappa shape index (κ3) is 5.65. The molecule has 1 unspecified atom stereocenters. The molecule has 28 heavy (non-hydrogen) atoms. The highest BCUT2D eigenvalue weighted by molar-refractivity contribution is 6.35. The second-order valence-corrected chi connectivity index (χ2v) is 6.64. The van der Waals surface area contributed by atoms with Crippen LogP contribution in [0.1, 0.15) is 18.1 Å². The molecule has 2 rings (SSSR count). The van der Waals surface area contributed by atoms with Crippen LogP contribution in [-0.2, 0) is 11.2 Å². The van der Waals surface area contributed by atoms with E-state index >= 15 is 0 Å². The monoisotopic (exact) mass is 422 g/mol. The van der Waals surface area contributed by atoms with Crippen LogP contribution in [-0.4, -0.2) is 30.4 Å². The largest absolute Gasteiger partial charge is 0.504 e. The van der Waals surface area contributed by atoms with E-state index < -0.39 is 12.0 Å². The predicted octanol–water partition coefficient (Wildman–Crippen LogP) is 4.35. The lowest BCUT2D eigenvalue weighted by Gasteiger charge is -2.14. The number of carbonyl (C=O) groups is 1. The van der Waals surface area contributed by atoms with E-state index in [1.807, 2.05) is 0 Å². The summed E-state index contributed by atoms with van der Waals surface area (Å²) < 4.78 is 10.7. The molecular weight excluding hydrogens is 403 g/mol. The number of phenolic OH excluding ortho intramolecular Hbond substituents is 1. The molecule has 8 heteroatoms. The molecule has 6 nitrogen and oxygen atoms in total. The standard InChI is InChI=1S/C20H20Cl2N2O4/c1-4-5-14-8-13(9-18(27-3)19(14)25)11-23-24-20(26)12(2)28-17-7-6-15(21)10-16(17)22/h4,6-12,25H,1,5H2,2-3H3,(H,24,26)/b23-11+. The third-order valence-electron chi connectivity index (χ3n) is 3.72. The van der Waals surface area contributed by atoms with Gasteiger partial charge in [-0.3, -0.25) is 4.79 Å². The van der Waals surface area contributed by atoms with E-state index in [-0.39, 0.29) is 5.75 Å². The smallest absolute Gasteiger partial charge is 0.280 e. The number of hydrogen-bond donors (Lipinski definition) is 2. The Labute approximate surface area is 173 Å². The van der Waals surface area contributed by atoms with Crippen molar-refractivity contribution in [1.29, 1.82) is 0 Å². The van der Waals surface area contributed by atoms with E-state index in [9.17, 15) is 9.90 Å². The molecule has 0 bridgehead atoms. The zero-order valence-corrected chi connectivity index (χ0v) is 16.9. The SMILES string of the molecule is C=CCc1cc(/C=N/NC(=O)C(C)Oc2ccc(Cl)cc2Cl)cc(OC)c1O. The molecule has 0 heterocycles. The summed E-state index contributed by atoms with van der Waals surface area (Å²) in [6.07, 6.45) is 2.73. The van der Waals surface area contributed by atoms with Gasteiger partial charge in [0.15, 0.2) is 17.6 Å². The van der Waals surface area contributed by atoms with Crippen molar-refractivity contribution in [3.05, 3.63) is 64.2 Å². The number of rotatable bonds is 8. The van der Waals surface area contributed by atoms with Crippen LogP contribution in [0.15, 0.2) is 48.1 Å². The topological polar surface area (TPSA) is 80.2 Å². The molecule has 1 amide bonds. The van der Waals surface area contributed by atoms with Gasteiger partial charge < -0.3 is 14.6 Å². The minimum Gasteiger partial charge on any atom is -0.504 e. The van der Waals surface area contributed by atoms with Crippen LogP contribution < -0.4 is 14.9 Å². The molecule has 2 aromatic carbocycles. The van der Waals surface area contributed by atoms with Gasteiger partial charge in [0.05, 0.1) is 18.3 Å². The fourth-order valence-corrected chi connectivity index (χ4v) is 2.76. The Morgan fingerprint density at radius 2 is 2.07 bits per heavy atom. The summed E-state index contributed by atoms with van der Waals surface area (Å²) in [6, 6.07) is 8.06. The van der Waals surface area contributed by atoms with Crippen LogP contribution in [0.2, 0.25) is 10.0 Å². The molecule has 0 saturated carbocycles. The van der Waals surface area contributed by atoms with Gasteiger partial charge in [-0.1, -0.05) is 29.3 Å². The maximum atomic E-state index is 12.2. The van der Waals surface area contributed by atoms with E-state index in [4.69, 9.17) is 32.7 Å². The van der Waals surface area contributed by atoms with Crippen LogP contribution in [0.5, 0.6) is 17.2 Å². The number of aromatic hydroxyl groups is 1. The summed E-state index contributed by atoms with van der Waals surface area (Å²) in [5.74, 6) is 0.237. The van der Waals surface area contributed by atoms with Crippen molar-refractivity contribution < 1.29 is 19.4 Å². The molecule has 0 aliphatic carbocycles. The van der Waals surface area contributed by atoms with Gasteiger partial charge in [-0.25, -0.2) is 5.43 Å². The number of allylic oxidation sites excluding steroid dienone is 1. The maximum absolute atomic E-state index is 12.2. The van der Waals surface area contributed by atoms with Crippen molar-refractivity contribution in [2.45, 2.75) is 19.4 Å². The van der Waals surface area contributed by atoms with Crippen LogP contribution in [0.25, 0.3) is 0 Å². The highest BCUT2D eigenvalue weighted by atomic mass is 35.5. The number of ether oxygens (including phenoxy) is 2. The molecule has 148 valence electrons. The number of benzene rings is 2. The van der Waals surface area contributed by atoms with Gasteiger partial charge in [-0.2, -0.15) is 5.10 Å². The number of halogens is 2. The fraction of sp³-hybridized carbons (Fsp3) is 0.200. The number of amides is 1. The lowest BCUT2D eigenvalue weighted by atomic mass is 10.1. The maximum Gasteiger partial charge on any atom is 0.280 e. The van der Waals surface area contributed by atoms with Crippen molar-refractivity contribution in [3.63, 3.8) is 0 Å². The quantitative estimate of drug-likeness (QED) is 0.376. The highest BCUT2D eigenvalue weighted by Crippen LogP contribution is 2.31. The van der Waals surface area contributed by atoms with Crippen molar-refractivity contribution in [3.8, 4) is 17.2 Å². The first-order valence-electron chi connectivity index (χ1n) is 8.31. The Kier molecular flexibility index (Phi) is 7.72. The van der Waals surface area contributed by atoms with Gasteiger partial charge in [0, 0.05) is 10.6 Å². The van der Waals surface area contributed by atoms with Crippen molar-refractivity contribution >= 4 is 35.3 Å². The van der Waals surface area contributed by atoms with Crippen LogP contribution in [0.4, 0.5) is 0 Å². The zero-order chi connectivity index (χ0) is 20.7. The molecular formula is C20H20Cl2N2O4. The summed E-state index contributed by atoms with van der Waals surface area (Å²) >= 11 is 11.9. The number of phenols is 1. The van der Waals surface area contributed by atoms with E-state index in [0.29, 0.717) is 39.1 Å². The first-order valence-corrected chi connectivity index (χ1v) is 9.06. The number of nitrogens with one attached hydrogen (secondary N) is 1. The molecule has 0 aromatic heterocycles. The Balaban J connectivity index is 2.04. The van der Waals surface area contributed by atoms with Crippen LogP contribution in [0.3, 0.4) is 0 Å². The lowest BCUT2D eigenvalue weighted by molar-refractivity contribution is -0.127. The molecule has 1 atom stereocenters. The average molecular weight is 423 g/mol. The second-order valence-electron chi connectivity index (χ2n) is 5.79. The zero-order valence-electron chi connectivity index (χ0n) is 15.4. The molecule has 2 N–H and O–H groups in total. The minimum atomic E-state index is -0.832. The third-order valence-corrected chi connectivity index (χ3v) is 4.25. The van der Waals surface area contributed by atoms with Crippen LogP contribution >= 0.6 is 23.2 Å². The Hall–Kier alpha value is -2.70. The lowest BCUT2D eigenvalue weighted by Crippen LogP contribution is -2.33. The van der Waals surface area contributed by atoms with E-state index in [2.05, 4.69) is 17.1 Å². The Morgan fingerprint density at radius 3 is 2.71 bits per heavy atom. The highest BCUT2D eigenvalue weighted by Gasteiger charge is 2.16. The van der Waals surface area contributed by atoms with Gasteiger partial charge in [-0.05, 0) is 49.2 Å². The van der Waals surface area contributed by atoms with Crippen molar-refractivity contribution in [2.75, 3.05) is 7.11 Å². The summed E-state index contributed by atoms with van der Waals surface area (Å²) in [4.78, 5) is 12.2. The summed E-state index contributed by atoms with van der Waals surface area (Å²) in [6.45, 7) is 5.23. The molecule has 0 fully saturated rings. The number of hydrazone groups is 1. The van der Waals surface area contributed by atoms with Gasteiger partial charge in [0.25, 0.3) is 5.91 Å². The number of nitrogens with zero attached hydrogens (tertiary/aromatic N) is 1. The number of hydrogen-bond acceptors (Lipinski definition) is 5. The van der Waals surface area contributed by atoms with E-state index in [1.54, 1.807) is 37.3 Å². The van der Waals surface area contributed by atoms with Gasteiger partial charge in [0.2, 0.25) is 0 Å².